The maximum atomic E-state index is 13.5. The molecule has 0 bridgehead atoms. The van der Waals surface area contributed by atoms with Crippen molar-refractivity contribution in [3.63, 3.8) is 0 Å². The molecule has 0 aliphatic carbocycles. The van der Waals surface area contributed by atoms with E-state index in [2.05, 4.69) is 15.0 Å². The Morgan fingerprint density at radius 3 is 2.80 bits per heavy atom. The highest BCUT2D eigenvalue weighted by Gasteiger charge is 2.24. The van der Waals surface area contributed by atoms with Gasteiger partial charge in [-0.1, -0.05) is 12.1 Å². The minimum atomic E-state index is -2.69. The average molecular weight is 347 g/mol. The summed E-state index contributed by atoms with van der Waals surface area (Å²) in [4.78, 5) is 34.3. The molecule has 3 aromatic rings. The second kappa shape index (κ2) is 5.92. The third-order valence-electron chi connectivity index (χ3n) is 4.42. The fourth-order valence-electron chi connectivity index (χ4n) is 3.29. The van der Waals surface area contributed by atoms with E-state index in [1.165, 1.54) is 0 Å². The molecule has 0 amide bonds. The van der Waals surface area contributed by atoms with Crippen molar-refractivity contribution in [1.82, 2.24) is 24.4 Å². The number of nitrogens with zero attached hydrogens (tertiary/aromatic N) is 3. The number of hydrogen-bond donors (Lipinski definition) is 2. The Balaban J connectivity index is 1.67. The van der Waals surface area contributed by atoms with E-state index in [0.29, 0.717) is 41.8 Å². The molecule has 1 aromatic carbocycles. The third kappa shape index (κ3) is 2.76. The summed E-state index contributed by atoms with van der Waals surface area (Å²) in [5.74, 6) is 0.256. The first-order valence-corrected chi connectivity index (χ1v) is 7.83. The standard InChI is InChI=1S/C16H15F2N5O2/c17-15(18)23-12-4-2-1-3-10(12)19-13(23)8-22-6-5-9-11(7-22)20-16(25)21-14(9)24/h1-4,15H,5-8H2,(H2,20,21,24,25). The molecule has 130 valence electrons. The van der Waals surface area contributed by atoms with Gasteiger partial charge in [-0.2, -0.15) is 8.78 Å². The van der Waals surface area contributed by atoms with Gasteiger partial charge in [0.25, 0.3) is 5.56 Å². The number of fused-ring (bicyclic) bond motifs is 2. The first-order valence-electron chi connectivity index (χ1n) is 7.83. The Morgan fingerprint density at radius 1 is 1.20 bits per heavy atom. The monoisotopic (exact) mass is 347 g/mol. The maximum absolute atomic E-state index is 13.5. The maximum Gasteiger partial charge on any atom is 0.325 e. The molecule has 25 heavy (non-hydrogen) atoms. The van der Waals surface area contributed by atoms with E-state index in [1.807, 2.05) is 4.90 Å². The van der Waals surface area contributed by atoms with Crippen molar-refractivity contribution in [1.29, 1.82) is 0 Å². The Bertz CT molecular complexity index is 1050. The van der Waals surface area contributed by atoms with Gasteiger partial charge >= 0.3 is 12.2 Å². The zero-order valence-electron chi connectivity index (χ0n) is 13.1. The van der Waals surface area contributed by atoms with Crippen molar-refractivity contribution < 1.29 is 8.78 Å². The lowest BCUT2D eigenvalue weighted by molar-refractivity contribution is 0.0678. The molecule has 1 aliphatic rings. The van der Waals surface area contributed by atoms with Crippen LogP contribution in [0.1, 0.15) is 23.6 Å². The van der Waals surface area contributed by atoms with Gasteiger partial charge < -0.3 is 4.98 Å². The van der Waals surface area contributed by atoms with E-state index < -0.39 is 17.8 Å². The largest absolute Gasteiger partial charge is 0.325 e. The summed E-state index contributed by atoms with van der Waals surface area (Å²) in [6.45, 7) is -1.66. The summed E-state index contributed by atoms with van der Waals surface area (Å²) >= 11 is 0. The van der Waals surface area contributed by atoms with Gasteiger partial charge in [-0.25, -0.2) is 9.78 Å². The van der Waals surface area contributed by atoms with Crippen LogP contribution in [-0.4, -0.2) is 31.0 Å². The normalized spacial score (nSPS) is 15.0. The zero-order chi connectivity index (χ0) is 17.6. The van der Waals surface area contributed by atoms with E-state index in [0.717, 1.165) is 4.57 Å². The zero-order valence-corrected chi connectivity index (χ0v) is 13.1. The minimum Gasteiger partial charge on any atom is -0.310 e. The van der Waals surface area contributed by atoms with Crippen molar-refractivity contribution in [3.8, 4) is 0 Å². The van der Waals surface area contributed by atoms with Gasteiger partial charge in [0.15, 0.2) is 0 Å². The number of aromatic nitrogens is 4. The van der Waals surface area contributed by atoms with Crippen molar-refractivity contribution in [3.05, 3.63) is 62.2 Å². The molecule has 2 aromatic heterocycles. The van der Waals surface area contributed by atoms with Crippen LogP contribution >= 0.6 is 0 Å². The van der Waals surface area contributed by atoms with Crippen LogP contribution in [0.15, 0.2) is 33.9 Å². The topological polar surface area (TPSA) is 86.8 Å². The Kier molecular flexibility index (Phi) is 3.72. The molecule has 0 unspecified atom stereocenters. The molecule has 1 aliphatic heterocycles. The Labute approximate surface area is 139 Å². The number of aromatic amines is 2. The van der Waals surface area contributed by atoms with Gasteiger partial charge in [-0.15, -0.1) is 0 Å². The quantitative estimate of drug-likeness (QED) is 0.749. The SMILES string of the molecule is O=c1[nH]c2c(c(=O)[nH]1)CCN(Cc1nc3ccccc3n1C(F)F)C2. The minimum absolute atomic E-state index is 0.202. The second-order valence-corrected chi connectivity index (χ2v) is 5.99. The molecule has 0 spiro atoms. The molecule has 0 saturated carbocycles. The molecule has 0 radical (unpaired) electrons. The van der Waals surface area contributed by atoms with Crippen LogP contribution in [-0.2, 0) is 19.5 Å². The van der Waals surface area contributed by atoms with Crippen molar-refractivity contribution in [2.24, 2.45) is 0 Å². The van der Waals surface area contributed by atoms with Crippen molar-refractivity contribution >= 4 is 11.0 Å². The Morgan fingerprint density at radius 2 is 2.00 bits per heavy atom. The van der Waals surface area contributed by atoms with Gasteiger partial charge in [-0.3, -0.25) is 19.2 Å². The summed E-state index contributed by atoms with van der Waals surface area (Å²) in [6.07, 6.45) is 0.441. The summed E-state index contributed by atoms with van der Waals surface area (Å²) in [7, 11) is 0. The molecule has 4 rings (SSSR count). The van der Waals surface area contributed by atoms with Crippen LogP contribution in [0.4, 0.5) is 8.78 Å². The highest BCUT2D eigenvalue weighted by molar-refractivity contribution is 5.75. The molecular formula is C16H15F2N5O2. The van der Waals surface area contributed by atoms with Crippen LogP contribution < -0.4 is 11.2 Å². The molecule has 3 heterocycles. The van der Waals surface area contributed by atoms with Gasteiger partial charge in [0.2, 0.25) is 0 Å². The number of H-pyrrole nitrogens is 2. The highest BCUT2D eigenvalue weighted by Crippen LogP contribution is 2.25. The summed E-state index contributed by atoms with van der Waals surface area (Å²) in [5.41, 5.74) is 1.01. The van der Waals surface area contributed by atoms with Gasteiger partial charge in [0, 0.05) is 24.3 Å². The molecule has 0 atom stereocenters. The molecular weight excluding hydrogens is 332 g/mol. The summed E-state index contributed by atoms with van der Waals surface area (Å²) in [5, 5.41) is 0. The first kappa shape index (κ1) is 15.7. The number of imidazole rings is 1. The summed E-state index contributed by atoms with van der Waals surface area (Å²) in [6, 6.07) is 6.75. The lowest BCUT2D eigenvalue weighted by Crippen LogP contribution is -2.38. The van der Waals surface area contributed by atoms with E-state index in [4.69, 9.17) is 0 Å². The molecule has 2 N–H and O–H groups in total. The second-order valence-electron chi connectivity index (χ2n) is 5.99. The van der Waals surface area contributed by atoms with E-state index in [1.54, 1.807) is 24.3 Å². The summed E-state index contributed by atoms with van der Waals surface area (Å²) < 4.78 is 27.9. The Hall–Kier alpha value is -2.81. The van der Waals surface area contributed by atoms with Crippen LogP contribution in [0.5, 0.6) is 0 Å². The van der Waals surface area contributed by atoms with Crippen LogP contribution in [0.2, 0.25) is 0 Å². The predicted molar refractivity (Wildman–Crippen MR) is 86.5 cm³/mol. The fourth-order valence-corrected chi connectivity index (χ4v) is 3.29. The first-order chi connectivity index (χ1) is 12.0. The van der Waals surface area contributed by atoms with E-state index in [9.17, 15) is 18.4 Å². The average Bonchev–Trinajstić information content (AvgIpc) is 2.92. The molecule has 9 heteroatoms. The van der Waals surface area contributed by atoms with E-state index in [-0.39, 0.29) is 12.4 Å². The van der Waals surface area contributed by atoms with Gasteiger partial charge in [0.05, 0.1) is 17.6 Å². The lowest BCUT2D eigenvalue weighted by Gasteiger charge is -2.27. The van der Waals surface area contributed by atoms with Crippen LogP contribution in [0.3, 0.4) is 0 Å². The van der Waals surface area contributed by atoms with E-state index >= 15 is 0 Å². The lowest BCUT2D eigenvalue weighted by atomic mass is 10.1. The van der Waals surface area contributed by atoms with Crippen molar-refractivity contribution in [2.45, 2.75) is 26.1 Å². The number of para-hydroxylation sites is 2. The smallest absolute Gasteiger partial charge is 0.310 e. The number of hydrogen-bond acceptors (Lipinski definition) is 4. The third-order valence-corrected chi connectivity index (χ3v) is 4.42. The molecule has 0 fully saturated rings. The van der Waals surface area contributed by atoms with Crippen LogP contribution in [0.25, 0.3) is 11.0 Å². The van der Waals surface area contributed by atoms with Gasteiger partial charge in [0.1, 0.15) is 5.82 Å². The fraction of sp³-hybridized carbons (Fsp3) is 0.312. The molecule has 0 saturated heterocycles. The number of rotatable bonds is 3. The number of benzene rings is 1. The van der Waals surface area contributed by atoms with Gasteiger partial charge in [-0.05, 0) is 18.6 Å². The number of alkyl halides is 2. The predicted octanol–water partition coefficient (Wildman–Crippen LogP) is 1.37. The van der Waals surface area contributed by atoms with Crippen molar-refractivity contribution in [2.75, 3.05) is 6.54 Å². The van der Waals surface area contributed by atoms with Crippen LogP contribution in [0, 0.1) is 0 Å². The molecule has 7 nitrogen and oxygen atoms in total. The number of halogens is 2. The number of nitrogens with one attached hydrogen (secondary N) is 2. The highest BCUT2D eigenvalue weighted by atomic mass is 19.3.